The lowest BCUT2D eigenvalue weighted by Crippen LogP contribution is -1.86. The molecule has 0 saturated carbocycles. The summed E-state index contributed by atoms with van der Waals surface area (Å²) in [6.45, 7) is 1.98. The van der Waals surface area contributed by atoms with Gasteiger partial charge in [0.05, 0.1) is 4.88 Å². The van der Waals surface area contributed by atoms with Crippen LogP contribution >= 0.6 is 11.3 Å². The number of rotatable bonds is 2. The summed E-state index contributed by atoms with van der Waals surface area (Å²) < 4.78 is 0. The quantitative estimate of drug-likeness (QED) is 0.609. The third-order valence-corrected chi connectivity index (χ3v) is 2.74. The van der Waals surface area contributed by atoms with E-state index in [0.717, 1.165) is 9.75 Å². The molecule has 0 saturated heterocycles. The standard InChI is InChI=1S/C8H7N3O2S/c1-5-2-3-6(14-5)8-9-4-7(10-8)11(12)13/h2-4H,1H3,(H,9,10). The fraction of sp³-hybridized carbons (Fsp3) is 0.125. The van der Waals surface area contributed by atoms with Crippen LogP contribution in [0.4, 0.5) is 5.82 Å². The number of hydrogen-bond donors (Lipinski definition) is 1. The second-order valence-corrected chi connectivity index (χ2v) is 4.07. The van der Waals surface area contributed by atoms with Crippen molar-refractivity contribution >= 4 is 17.2 Å². The van der Waals surface area contributed by atoms with Gasteiger partial charge < -0.3 is 10.1 Å². The van der Waals surface area contributed by atoms with Crippen LogP contribution in [0.5, 0.6) is 0 Å². The predicted molar refractivity (Wildman–Crippen MR) is 53.3 cm³/mol. The SMILES string of the molecule is Cc1ccc(-c2ncc([N+](=O)[O-])[nH]2)s1. The van der Waals surface area contributed by atoms with Gasteiger partial charge in [-0.15, -0.1) is 11.3 Å². The van der Waals surface area contributed by atoms with E-state index < -0.39 is 4.92 Å². The maximum atomic E-state index is 10.4. The van der Waals surface area contributed by atoms with Crippen molar-refractivity contribution in [2.75, 3.05) is 0 Å². The van der Waals surface area contributed by atoms with Gasteiger partial charge >= 0.3 is 5.82 Å². The van der Waals surface area contributed by atoms with Gasteiger partial charge in [0, 0.05) is 4.88 Å². The Kier molecular flexibility index (Phi) is 2.05. The smallest absolute Gasteiger partial charge is 0.340 e. The monoisotopic (exact) mass is 209 g/mol. The molecule has 14 heavy (non-hydrogen) atoms. The Hall–Kier alpha value is -1.69. The normalized spacial score (nSPS) is 10.4. The highest BCUT2D eigenvalue weighted by atomic mass is 32.1. The molecule has 0 fully saturated rings. The molecule has 0 aliphatic carbocycles. The number of hydrogen-bond acceptors (Lipinski definition) is 4. The number of aryl methyl sites for hydroxylation is 1. The minimum absolute atomic E-state index is 0.0777. The number of nitro groups is 1. The van der Waals surface area contributed by atoms with E-state index in [-0.39, 0.29) is 5.82 Å². The molecule has 0 radical (unpaired) electrons. The summed E-state index contributed by atoms with van der Waals surface area (Å²) in [5.74, 6) is 0.473. The Bertz CT molecular complexity index is 474. The first-order valence-corrected chi connectivity index (χ1v) is 4.74. The first-order chi connectivity index (χ1) is 6.66. The molecule has 1 N–H and O–H groups in total. The highest BCUT2D eigenvalue weighted by molar-refractivity contribution is 7.15. The molecule has 0 amide bonds. The van der Waals surface area contributed by atoms with Crippen molar-refractivity contribution in [3.8, 4) is 10.7 Å². The van der Waals surface area contributed by atoms with Crippen LogP contribution in [-0.4, -0.2) is 14.9 Å². The third-order valence-electron chi connectivity index (χ3n) is 1.73. The lowest BCUT2D eigenvalue weighted by Gasteiger charge is -1.86. The zero-order valence-electron chi connectivity index (χ0n) is 7.35. The number of imidazole rings is 1. The molecule has 72 valence electrons. The Morgan fingerprint density at radius 1 is 1.57 bits per heavy atom. The molecule has 2 aromatic heterocycles. The van der Waals surface area contributed by atoms with Crippen LogP contribution in [0.15, 0.2) is 18.3 Å². The molecule has 0 aliphatic rings. The van der Waals surface area contributed by atoms with Crippen LogP contribution < -0.4 is 0 Å². The zero-order chi connectivity index (χ0) is 10.1. The van der Waals surface area contributed by atoms with Crippen LogP contribution in [0.25, 0.3) is 10.7 Å². The van der Waals surface area contributed by atoms with E-state index in [0.29, 0.717) is 5.82 Å². The van der Waals surface area contributed by atoms with Crippen molar-refractivity contribution in [1.82, 2.24) is 9.97 Å². The molecular formula is C8H7N3O2S. The zero-order valence-corrected chi connectivity index (χ0v) is 8.17. The molecule has 0 aliphatic heterocycles. The summed E-state index contributed by atoms with van der Waals surface area (Å²) in [5, 5.41) is 10.4. The van der Waals surface area contributed by atoms with Crippen molar-refractivity contribution in [2.24, 2.45) is 0 Å². The van der Waals surface area contributed by atoms with Gasteiger partial charge in [0.15, 0.2) is 0 Å². The lowest BCUT2D eigenvalue weighted by molar-refractivity contribution is -0.389. The van der Waals surface area contributed by atoms with E-state index in [1.54, 1.807) is 11.3 Å². The lowest BCUT2D eigenvalue weighted by atomic mass is 10.4. The van der Waals surface area contributed by atoms with Crippen LogP contribution in [0.1, 0.15) is 4.88 Å². The van der Waals surface area contributed by atoms with E-state index in [1.165, 1.54) is 6.20 Å². The second kappa shape index (κ2) is 3.22. The topological polar surface area (TPSA) is 71.8 Å². The summed E-state index contributed by atoms with van der Waals surface area (Å²) in [6.07, 6.45) is 1.23. The maximum Gasteiger partial charge on any atom is 0.340 e. The third kappa shape index (κ3) is 1.51. The summed E-state index contributed by atoms with van der Waals surface area (Å²) in [6, 6.07) is 3.84. The van der Waals surface area contributed by atoms with Crippen molar-refractivity contribution in [3.05, 3.63) is 33.3 Å². The van der Waals surface area contributed by atoms with Crippen molar-refractivity contribution < 1.29 is 4.92 Å². The highest BCUT2D eigenvalue weighted by Gasteiger charge is 2.12. The van der Waals surface area contributed by atoms with Gasteiger partial charge in [-0.2, -0.15) is 0 Å². The molecule has 0 atom stereocenters. The fourth-order valence-corrected chi connectivity index (χ4v) is 1.91. The average Bonchev–Trinajstić information content (AvgIpc) is 2.70. The molecule has 0 spiro atoms. The first-order valence-electron chi connectivity index (χ1n) is 3.93. The van der Waals surface area contributed by atoms with Gasteiger partial charge in [-0.3, -0.25) is 0 Å². The fourth-order valence-electron chi connectivity index (χ4n) is 1.09. The summed E-state index contributed by atoms with van der Waals surface area (Å²) in [7, 11) is 0. The molecule has 0 bridgehead atoms. The van der Waals surface area contributed by atoms with E-state index in [1.807, 2.05) is 19.1 Å². The largest absolute Gasteiger partial charge is 0.358 e. The van der Waals surface area contributed by atoms with Gasteiger partial charge in [0.1, 0.15) is 6.20 Å². The summed E-state index contributed by atoms with van der Waals surface area (Å²) >= 11 is 1.55. The van der Waals surface area contributed by atoms with Gasteiger partial charge in [-0.25, -0.2) is 9.97 Å². The summed E-state index contributed by atoms with van der Waals surface area (Å²) in [5.41, 5.74) is 0. The number of H-pyrrole nitrogens is 1. The summed E-state index contributed by atoms with van der Waals surface area (Å²) in [4.78, 5) is 18.5. The van der Waals surface area contributed by atoms with Crippen LogP contribution in [0, 0.1) is 17.0 Å². The Morgan fingerprint density at radius 3 is 2.86 bits per heavy atom. The second-order valence-electron chi connectivity index (χ2n) is 2.78. The molecule has 2 heterocycles. The maximum absolute atomic E-state index is 10.4. The van der Waals surface area contributed by atoms with Gasteiger partial charge in [-0.1, -0.05) is 0 Å². The Labute approximate surface area is 83.6 Å². The number of nitrogens with one attached hydrogen (secondary N) is 1. The van der Waals surface area contributed by atoms with Gasteiger partial charge in [0.2, 0.25) is 5.82 Å². The minimum Gasteiger partial charge on any atom is -0.358 e. The van der Waals surface area contributed by atoms with E-state index in [4.69, 9.17) is 0 Å². The molecule has 0 aromatic carbocycles. The van der Waals surface area contributed by atoms with Crippen molar-refractivity contribution in [3.63, 3.8) is 0 Å². The van der Waals surface area contributed by atoms with E-state index >= 15 is 0 Å². The van der Waals surface area contributed by atoms with E-state index in [2.05, 4.69) is 9.97 Å². The van der Waals surface area contributed by atoms with E-state index in [9.17, 15) is 10.1 Å². The first kappa shape index (κ1) is 8.89. The Balaban J connectivity index is 2.38. The molecule has 2 aromatic rings. The van der Waals surface area contributed by atoms with Crippen LogP contribution in [-0.2, 0) is 0 Å². The Morgan fingerprint density at radius 2 is 2.36 bits per heavy atom. The van der Waals surface area contributed by atoms with Gasteiger partial charge in [-0.05, 0) is 24.0 Å². The molecule has 2 rings (SSSR count). The number of aromatic amines is 1. The average molecular weight is 209 g/mol. The number of aromatic nitrogens is 2. The predicted octanol–water partition coefficient (Wildman–Crippen LogP) is 2.35. The van der Waals surface area contributed by atoms with Crippen molar-refractivity contribution in [1.29, 1.82) is 0 Å². The minimum atomic E-state index is -0.489. The van der Waals surface area contributed by atoms with Crippen molar-refractivity contribution in [2.45, 2.75) is 6.92 Å². The van der Waals surface area contributed by atoms with Crippen LogP contribution in [0.2, 0.25) is 0 Å². The molecule has 0 unspecified atom stereocenters. The molecule has 5 nitrogen and oxygen atoms in total. The molecule has 6 heteroatoms. The number of thiophene rings is 1. The van der Waals surface area contributed by atoms with Gasteiger partial charge in [0.25, 0.3) is 0 Å². The number of nitrogens with zero attached hydrogens (tertiary/aromatic N) is 2. The molecular weight excluding hydrogens is 202 g/mol. The van der Waals surface area contributed by atoms with Crippen LogP contribution in [0.3, 0.4) is 0 Å². The highest BCUT2D eigenvalue weighted by Crippen LogP contribution is 2.26.